The molecule has 1 aromatic rings. The van der Waals surface area contributed by atoms with Gasteiger partial charge in [0.05, 0.1) is 0 Å². The summed E-state index contributed by atoms with van der Waals surface area (Å²) < 4.78 is 37.8. The van der Waals surface area contributed by atoms with Crippen molar-refractivity contribution in [1.82, 2.24) is 0 Å². The maximum atomic E-state index is 12.6. The third-order valence-corrected chi connectivity index (χ3v) is 1.64. The largest absolute Gasteiger partial charge is 0.294 e. The minimum atomic E-state index is -1.57. The Kier molecular flexibility index (Phi) is 3.06. The number of rotatable bonds is 3. The van der Waals surface area contributed by atoms with E-state index in [1.54, 1.807) is 0 Å². The predicted octanol–water partition coefficient (Wildman–Crippen LogP) is 2.86. The molecule has 0 bridgehead atoms. The fourth-order valence-corrected chi connectivity index (χ4v) is 0.965. The average Bonchev–Trinajstić information content (AvgIpc) is 2.13. The number of hydrogen-bond donors (Lipinski definition) is 0. The molecule has 0 aliphatic carbocycles. The molecule has 4 heteroatoms. The molecule has 0 amide bonds. The number of hydrogen-bond acceptors (Lipinski definition) is 1. The van der Waals surface area contributed by atoms with Crippen molar-refractivity contribution in [2.24, 2.45) is 0 Å². The van der Waals surface area contributed by atoms with Gasteiger partial charge >= 0.3 is 0 Å². The van der Waals surface area contributed by atoms with Gasteiger partial charge < -0.3 is 0 Å². The lowest BCUT2D eigenvalue weighted by molar-refractivity contribution is 0.0995. The topological polar surface area (TPSA) is 17.1 Å². The lowest BCUT2D eigenvalue weighted by atomic mass is 10.1. The van der Waals surface area contributed by atoms with E-state index in [1.807, 2.05) is 0 Å². The standard InChI is InChI=1S/C10H7F3O/c1-2-3-9(14)6-4-7(11)10(13)8(12)5-6/h2,4-5H,1,3H2. The van der Waals surface area contributed by atoms with Gasteiger partial charge in [-0.3, -0.25) is 4.79 Å². The molecule has 0 unspecified atom stereocenters. The maximum absolute atomic E-state index is 12.6. The summed E-state index contributed by atoms with van der Waals surface area (Å²) in [6, 6.07) is 1.34. The van der Waals surface area contributed by atoms with Crippen LogP contribution in [0.2, 0.25) is 0 Å². The highest BCUT2D eigenvalue weighted by molar-refractivity contribution is 5.96. The molecular formula is C10H7F3O. The summed E-state index contributed by atoms with van der Waals surface area (Å²) in [5.74, 6) is -4.80. The molecule has 1 rings (SSSR count). The van der Waals surface area contributed by atoms with Gasteiger partial charge in [-0.1, -0.05) is 6.08 Å². The lowest BCUT2D eigenvalue weighted by Gasteiger charge is -2.00. The van der Waals surface area contributed by atoms with Gasteiger partial charge in [-0.15, -0.1) is 6.58 Å². The van der Waals surface area contributed by atoms with Crippen LogP contribution < -0.4 is 0 Å². The molecule has 0 atom stereocenters. The highest BCUT2D eigenvalue weighted by atomic mass is 19.2. The Morgan fingerprint density at radius 3 is 2.21 bits per heavy atom. The molecule has 0 heterocycles. The number of Topliss-reactive ketones (excluding diaryl/α,β-unsaturated/α-hetero) is 1. The van der Waals surface area contributed by atoms with Gasteiger partial charge in [0.2, 0.25) is 0 Å². The molecule has 0 fully saturated rings. The number of carbonyl (C=O) groups is 1. The minimum Gasteiger partial charge on any atom is -0.294 e. The van der Waals surface area contributed by atoms with Gasteiger partial charge in [0, 0.05) is 12.0 Å². The van der Waals surface area contributed by atoms with E-state index in [0.29, 0.717) is 12.1 Å². The van der Waals surface area contributed by atoms with Gasteiger partial charge in [0.25, 0.3) is 0 Å². The van der Waals surface area contributed by atoms with Gasteiger partial charge in [0.15, 0.2) is 23.2 Å². The van der Waals surface area contributed by atoms with Crippen LogP contribution in [0.1, 0.15) is 16.8 Å². The SMILES string of the molecule is C=CCC(=O)c1cc(F)c(F)c(F)c1. The third kappa shape index (κ3) is 2.02. The quantitative estimate of drug-likeness (QED) is 0.416. The Balaban J connectivity index is 3.12. The van der Waals surface area contributed by atoms with Crippen molar-refractivity contribution < 1.29 is 18.0 Å². The number of carbonyl (C=O) groups excluding carboxylic acids is 1. The number of halogens is 3. The van der Waals surface area contributed by atoms with E-state index in [0.717, 1.165) is 0 Å². The van der Waals surface area contributed by atoms with Gasteiger partial charge in [-0.25, -0.2) is 13.2 Å². The zero-order valence-corrected chi connectivity index (χ0v) is 7.19. The van der Waals surface area contributed by atoms with Crippen LogP contribution in [0, 0.1) is 17.5 Å². The second kappa shape index (κ2) is 4.09. The van der Waals surface area contributed by atoms with Crippen molar-refractivity contribution in [3.05, 3.63) is 47.8 Å². The van der Waals surface area contributed by atoms with Gasteiger partial charge in [0.1, 0.15) is 0 Å². The summed E-state index contributed by atoms with van der Waals surface area (Å²) >= 11 is 0. The fourth-order valence-electron chi connectivity index (χ4n) is 0.965. The molecule has 0 saturated carbocycles. The first kappa shape index (κ1) is 10.5. The van der Waals surface area contributed by atoms with Gasteiger partial charge in [-0.05, 0) is 12.1 Å². The van der Waals surface area contributed by atoms with Crippen LogP contribution in [0.15, 0.2) is 24.8 Å². The second-order valence-corrected chi connectivity index (χ2v) is 2.67. The zero-order chi connectivity index (χ0) is 10.7. The average molecular weight is 200 g/mol. The van der Waals surface area contributed by atoms with E-state index in [1.165, 1.54) is 6.08 Å². The summed E-state index contributed by atoms with van der Waals surface area (Å²) in [7, 11) is 0. The van der Waals surface area contributed by atoms with Crippen molar-refractivity contribution >= 4 is 5.78 Å². The van der Waals surface area contributed by atoms with E-state index >= 15 is 0 Å². The van der Waals surface area contributed by atoms with E-state index in [4.69, 9.17) is 0 Å². The van der Waals surface area contributed by atoms with Crippen LogP contribution in [0.4, 0.5) is 13.2 Å². The van der Waals surface area contributed by atoms with E-state index < -0.39 is 23.2 Å². The summed E-state index contributed by atoms with van der Waals surface area (Å²) in [4.78, 5) is 11.1. The zero-order valence-electron chi connectivity index (χ0n) is 7.19. The number of allylic oxidation sites excluding steroid dienone is 1. The Labute approximate surface area is 78.9 Å². The first-order valence-electron chi connectivity index (χ1n) is 3.85. The molecule has 74 valence electrons. The molecule has 0 aliphatic rings. The van der Waals surface area contributed by atoms with Crippen molar-refractivity contribution in [2.75, 3.05) is 0 Å². The smallest absolute Gasteiger partial charge is 0.194 e. The van der Waals surface area contributed by atoms with E-state index in [9.17, 15) is 18.0 Å². The van der Waals surface area contributed by atoms with Crippen LogP contribution >= 0.6 is 0 Å². The molecule has 1 nitrogen and oxygen atoms in total. The van der Waals surface area contributed by atoms with Crippen LogP contribution in [-0.4, -0.2) is 5.78 Å². The van der Waals surface area contributed by atoms with Crippen LogP contribution in [0.25, 0.3) is 0 Å². The van der Waals surface area contributed by atoms with E-state index in [-0.39, 0.29) is 12.0 Å². The molecule has 0 aromatic heterocycles. The van der Waals surface area contributed by atoms with Crippen LogP contribution in [0.3, 0.4) is 0 Å². The first-order chi connectivity index (χ1) is 6.56. The summed E-state index contributed by atoms with van der Waals surface area (Å²) in [5, 5.41) is 0. The normalized spacial score (nSPS) is 9.93. The number of benzene rings is 1. The highest BCUT2D eigenvalue weighted by Gasteiger charge is 2.13. The Morgan fingerprint density at radius 1 is 1.29 bits per heavy atom. The van der Waals surface area contributed by atoms with E-state index in [2.05, 4.69) is 6.58 Å². The van der Waals surface area contributed by atoms with Crippen molar-refractivity contribution in [3.8, 4) is 0 Å². The Bertz CT molecular complexity index is 362. The minimum absolute atomic E-state index is 0.0372. The monoisotopic (exact) mass is 200 g/mol. The summed E-state index contributed by atoms with van der Waals surface area (Å²) in [6.45, 7) is 3.31. The molecule has 0 N–H and O–H groups in total. The van der Waals surface area contributed by atoms with Crippen molar-refractivity contribution in [3.63, 3.8) is 0 Å². The van der Waals surface area contributed by atoms with Crippen molar-refractivity contribution in [2.45, 2.75) is 6.42 Å². The van der Waals surface area contributed by atoms with Gasteiger partial charge in [-0.2, -0.15) is 0 Å². The fraction of sp³-hybridized carbons (Fsp3) is 0.100. The molecule has 0 aliphatic heterocycles. The number of ketones is 1. The first-order valence-corrected chi connectivity index (χ1v) is 3.85. The maximum Gasteiger partial charge on any atom is 0.194 e. The van der Waals surface area contributed by atoms with Crippen molar-refractivity contribution in [1.29, 1.82) is 0 Å². The summed E-state index contributed by atoms with van der Waals surface area (Å²) in [6.07, 6.45) is 1.27. The predicted molar refractivity (Wildman–Crippen MR) is 45.5 cm³/mol. The molecule has 0 radical (unpaired) electrons. The highest BCUT2D eigenvalue weighted by Crippen LogP contribution is 2.14. The second-order valence-electron chi connectivity index (χ2n) is 2.67. The Morgan fingerprint density at radius 2 is 1.79 bits per heavy atom. The molecule has 0 saturated heterocycles. The lowest BCUT2D eigenvalue weighted by Crippen LogP contribution is -2.01. The summed E-state index contributed by atoms with van der Waals surface area (Å²) in [5.41, 5.74) is -0.193. The molecule has 14 heavy (non-hydrogen) atoms. The Hall–Kier alpha value is -1.58. The molecular weight excluding hydrogens is 193 g/mol. The third-order valence-electron chi connectivity index (χ3n) is 1.64. The van der Waals surface area contributed by atoms with Crippen LogP contribution in [-0.2, 0) is 0 Å². The van der Waals surface area contributed by atoms with Crippen LogP contribution in [0.5, 0.6) is 0 Å². The molecule has 1 aromatic carbocycles. The molecule has 0 spiro atoms.